The molecule has 0 aliphatic rings. The Balaban J connectivity index is 1.52. The van der Waals surface area contributed by atoms with Crippen molar-refractivity contribution in [1.29, 1.82) is 0 Å². The van der Waals surface area contributed by atoms with Gasteiger partial charge in [-0.1, -0.05) is 66.7 Å². The fraction of sp³-hybridized carbons (Fsp3) is 0.231. The number of amides is 1. The Morgan fingerprint density at radius 3 is 2.00 bits per heavy atom. The summed E-state index contributed by atoms with van der Waals surface area (Å²) in [6, 6.07) is 25.9. The van der Waals surface area contributed by atoms with Crippen LogP contribution < -0.4 is 5.32 Å². The lowest BCUT2D eigenvalue weighted by Gasteiger charge is -2.18. The Kier molecular flexibility index (Phi) is 7.39. The van der Waals surface area contributed by atoms with Crippen LogP contribution >= 0.6 is 0 Å². The fourth-order valence-corrected chi connectivity index (χ4v) is 3.39. The summed E-state index contributed by atoms with van der Waals surface area (Å²) < 4.78 is 5.16. The van der Waals surface area contributed by atoms with Gasteiger partial charge in [-0.3, -0.25) is 4.79 Å². The predicted molar refractivity (Wildman–Crippen MR) is 119 cm³/mol. The van der Waals surface area contributed by atoms with E-state index in [4.69, 9.17) is 4.74 Å². The van der Waals surface area contributed by atoms with Crippen molar-refractivity contribution < 1.29 is 14.3 Å². The zero-order valence-electron chi connectivity index (χ0n) is 17.4. The van der Waals surface area contributed by atoms with Crippen LogP contribution in [0.15, 0.2) is 78.9 Å². The maximum atomic E-state index is 12.2. The van der Waals surface area contributed by atoms with Crippen LogP contribution in [0.5, 0.6) is 0 Å². The normalized spacial score (nSPS) is 10.6. The molecule has 1 amide bonds. The second-order valence-electron chi connectivity index (χ2n) is 7.39. The van der Waals surface area contributed by atoms with Crippen molar-refractivity contribution in [2.24, 2.45) is 0 Å². The quantitative estimate of drug-likeness (QED) is 0.552. The van der Waals surface area contributed by atoms with Crippen LogP contribution in [0.1, 0.15) is 45.0 Å². The Labute approximate surface area is 177 Å². The molecule has 0 spiro atoms. The third kappa shape index (κ3) is 5.80. The van der Waals surface area contributed by atoms with Gasteiger partial charge in [0.05, 0.1) is 5.56 Å². The smallest absolute Gasteiger partial charge is 0.338 e. The number of carbonyl (C=O) groups excluding carboxylic acids is 2. The molecule has 0 radical (unpaired) electrons. The topological polar surface area (TPSA) is 55.4 Å². The average Bonchev–Trinajstić information content (AvgIpc) is 2.78. The van der Waals surface area contributed by atoms with E-state index in [-0.39, 0.29) is 18.4 Å². The summed E-state index contributed by atoms with van der Waals surface area (Å²) in [7, 11) is 0. The Hall–Kier alpha value is -3.40. The zero-order chi connectivity index (χ0) is 21.3. The van der Waals surface area contributed by atoms with Crippen LogP contribution in [-0.2, 0) is 9.53 Å². The molecule has 0 aliphatic carbocycles. The van der Waals surface area contributed by atoms with Crippen LogP contribution in [0.3, 0.4) is 0 Å². The van der Waals surface area contributed by atoms with Crippen LogP contribution in [-0.4, -0.2) is 25.0 Å². The van der Waals surface area contributed by atoms with Gasteiger partial charge in [0.15, 0.2) is 6.61 Å². The fourth-order valence-electron chi connectivity index (χ4n) is 3.39. The second-order valence-corrected chi connectivity index (χ2v) is 7.39. The molecule has 4 nitrogen and oxygen atoms in total. The molecule has 0 bridgehead atoms. The zero-order valence-corrected chi connectivity index (χ0v) is 17.4. The minimum atomic E-state index is -0.486. The summed E-state index contributed by atoms with van der Waals surface area (Å²) in [5.74, 6) is -0.600. The van der Waals surface area contributed by atoms with Gasteiger partial charge in [0.2, 0.25) is 0 Å². The molecule has 3 rings (SSSR count). The lowest BCUT2D eigenvalue weighted by molar-refractivity contribution is -0.124. The van der Waals surface area contributed by atoms with Crippen molar-refractivity contribution in [3.8, 4) is 0 Å². The molecule has 0 fully saturated rings. The number of ether oxygens (including phenoxy) is 1. The second kappa shape index (κ2) is 10.4. The molecule has 0 aliphatic heterocycles. The summed E-state index contributed by atoms with van der Waals surface area (Å²) in [5.41, 5.74) is 5.00. The van der Waals surface area contributed by atoms with E-state index in [1.165, 1.54) is 11.1 Å². The minimum Gasteiger partial charge on any atom is -0.452 e. The van der Waals surface area contributed by atoms with Crippen molar-refractivity contribution in [2.75, 3.05) is 13.2 Å². The first-order valence-electron chi connectivity index (χ1n) is 10.2. The molecule has 30 heavy (non-hydrogen) atoms. The molecular weight excluding hydrogens is 374 g/mol. The first-order valence-corrected chi connectivity index (χ1v) is 10.2. The van der Waals surface area contributed by atoms with E-state index in [0.29, 0.717) is 12.1 Å². The Morgan fingerprint density at radius 2 is 1.43 bits per heavy atom. The van der Waals surface area contributed by atoms with Gasteiger partial charge >= 0.3 is 5.97 Å². The molecule has 3 aromatic rings. The number of esters is 1. The molecule has 0 aromatic heterocycles. The van der Waals surface area contributed by atoms with Gasteiger partial charge in [-0.2, -0.15) is 0 Å². The molecule has 4 heteroatoms. The number of aryl methyl sites for hydroxylation is 2. The van der Waals surface area contributed by atoms with Crippen molar-refractivity contribution in [1.82, 2.24) is 5.32 Å². The van der Waals surface area contributed by atoms with Crippen molar-refractivity contribution in [3.05, 3.63) is 107 Å². The summed E-state index contributed by atoms with van der Waals surface area (Å²) in [5, 5.41) is 2.86. The summed E-state index contributed by atoms with van der Waals surface area (Å²) in [6.45, 7) is 4.13. The van der Waals surface area contributed by atoms with E-state index < -0.39 is 5.97 Å². The number of hydrogen-bond donors (Lipinski definition) is 1. The summed E-state index contributed by atoms with van der Waals surface area (Å²) >= 11 is 0. The molecule has 0 saturated heterocycles. The molecule has 3 aromatic carbocycles. The average molecular weight is 402 g/mol. The number of nitrogens with one attached hydrogen (secondary N) is 1. The first kappa shape index (κ1) is 21.3. The number of rotatable bonds is 8. The lowest BCUT2D eigenvalue weighted by Crippen LogP contribution is -2.30. The highest BCUT2D eigenvalue weighted by molar-refractivity contribution is 5.91. The van der Waals surface area contributed by atoms with E-state index >= 15 is 0 Å². The number of hydrogen-bond acceptors (Lipinski definition) is 3. The van der Waals surface area contributed by atoms with Gasteiger partial charge in [0.1, 0.15) is 0 Å². The Morgan fingerprint density at radius 1 is 0.833 bits per heavy atom. The standard InChI is InChI=1S/C26H27NO3/c1-19-13-14-23(17-20(19)2)26(29)30-18-25(28)27-16-15-24(21-9-5-3-6-10-21)22-11-7-4-8-12-22/h3-14,17,24H,15-16,18H2,1-2H3,(H,27,28). The number of carbonyl (C=O) groups is 2. The van der Waals surface area contributed by atoms with Crippen LogP contribution in [0.2, 0.25) is 0 Å². The van der Waals surface area contributed by atoms with Crippen LogP contribution in [0.25, 0.3) is 0 Å². The monoisotopic (exact) mass is 401 g/mol. The van der Waals surface area contributed by atoms with Gasteiger partial charge in [0, 0.05) is 12.5 Å². The van der Waals surface area contributed by atoms with Crippen LogP contribution in [0, 0.1) is 13.8 Å². The maximum absolute atomic E-state index is 12.2. The van der Waals surface area contributed by atoms with Gasteiger partial charge in [-0.25, -0.2) is 4.79 Å². The van der Waals surface area contributed by atoms with Gasteiger partial charge in [0.25, 0.3) is 5.91 Å². The Bertz CT molecular complexity index is 944. The van der Waals surface area contributed by atoms with Gasteiger partial charge in [-0.05, 0) is 54.7 Å². The van der Waals surface area contributed by atoms with Crippen molar-refractivity contribution >= 4 is 11.9 Å². The third-order valence-electron chi connectivity index (χ3n) is 5.24. The molecule has 0 atom stereocenters. The molecule has 154 valence electrons. The highest BCUT2D eigenvalue weighted by Gasteiger charge is 2.15. The van der Waals surface area contributed by atoms with Gasteiger partial charge < -0.3 is 10.1 Å². The molecule has 0 unspecified atom stereocenters. The molecule has 0 heterocycles. The predicted octanol–water partition coefficient (Wildman–Crippen LogP) is 4.80. The van der Waals surface area contributed by atoms with E-state index in [0.717, 1.165) is 17.5 Å². The number of benzene rings is 3. The minimum absolute atomic E-state index is 0.186. The van der Waals surface area contributed by atoms with E-state index in [2.05, 4.69) is 29.6 Å². The lowest BCUT2D eigenvalue weighted by atomic mass is 9.88. The van der Waals surface area contributed by atoms with E-state index in [9.17, 15) is 9.59 Å². The highest BCUT2D eigenvalue weighted by Crippen LogP contribution is 2.27. The van der Waals surface area contributed by atoms with E-state index in [1.54, 1.807) is 12.1 Å². The summed E-state index contributed by atoms with van der Waals surface area (Å²) in [4.78, 5) is 24.3. The molecule has 0 saturated carbocycles. The largest absolute Gasteiger partial charge is 0.452 e. The van der Waals surface area contributed by atoms with Crippen molar-refractivity contribution in [3.63, 3.8) is 0 Å². The maximum Gasteiger partial charge on any atom is 0.338 e. The van der Waals surface area contributed by atoms with Crippen LogP contribution in [0.4, 0.5) is 0 Å². The third-order valence-corrected chi connectivity index (χ3v) is 5.24. The first-order chi connectivity index (χ1) is 14.5. The molecular formula is C26H27NO3. The van der Waals surface area contributed by atoms with Crippen molar-refractivity contribution in [2.45, 2.75) is 26.2 Å². The van der Waals surface area contributed by atoms with E-state index in [1.807, 2.05) is 56.3 Å². The van der Waals surface area contributed by atoms with Gasteiger partial charge in [-0.15, -0.1) is 0 Å². The molecule has 1 N–H and O–H groups in total. The SMILES string of the molecule is Cc1ccc(C(=O)OCC(=O)NCCC(c2ccccc2)c2ccccc2)cc1C. The summed E-state index contributed by atoms with van der Waals surface area (Å²) in [6.07, 6.45) is 0.755. The highest BCUT2D eigenvalue weighted by atomic mass is 16.5.